The van der Waals surface area contributed by atoms with Crippen LogP contribution in [0.3, 0.4) is 0 Å². The molecule has 2 nitrogen and oxygen atoms in total. The highest BCUT2D eigenvalue weighted by molar-refractivity contribution is 5.65. The molecule has 0 saturated carbocycles. The van der Waals surface area contributed by atoms with Gasteiger partial charge in [-0.2, -0.15) is 5.10 Å². The fraction of sp³-hybridized carbons (Fsp3) is 0.0833. The molecule has 16 heavy (non-hydrogen) atoms. The molecule has 1 aromatic heterocycles. The molecule has 0 amide bonds. The van der Waals surface area contributed by atoms with Gasteiger partial charge in [0.1, 0.15) is 0 Å². The highest BCUT2D eigenvalue weighted by Crippen LogP contribution is 2.26. The molecule has 0 saturated heterocycles. The smallest absolute Gasteiger partial charge is 0.167 e. The molecule has 1 heterocycles. The topological polar surface area (TPSA) is 17.8 Å². The monoisotopic (exact) mass is 220 g/mol. The molecule has 0 bridgehead atoms. The van der Waals surface area contributed by atoms with E-state index in [0.29, 0.717) is 5.56 Å². The van der Waals surface area contributed by atoms with E-state index in [9.17, 15) is 8.78 Å². The van der Waals surface area contributed by atoms with Crippen molar-refractivity contribution in [2.45, 2.75) is 0 Å². The van der Waals surface area contributed by atoms with Crippen LogP contribution in [0.4, 0.5) is 8.78 Å². The van der Waals surface area contributed by atoms with Gasteiger partial charge in [-0.1, -0.05) is 24.8 Å². The van der Waals surface area contributed by atoms with Gasteiger partial charge in [0.15, 0.2) is 11.6 Å². The Kier molecular flexibility index (Phi) is 2.56. The Morgan fingerprint density at radius 2 is 2.06 bits per heavy atom. The van der Waals surface area contributed by atoms with Crippen molar-refractivity contribution in [3.63, 3.8) is 0 Å². The Hall–Kier alpha value is -1.97. The number of hydrogen-bond donors (Lipinski definition) is 0. The second kappa shape index (κ2) is 3.89. The van der Waals surface area contributed by atoms with Gasteiger partial charge in [-0.3, -0.25) is 4.68 Å². The Labute approximate surface area is 91.8 Å². The first-order chi connectivity index (χ1) is 7.63. The minimum atomic E-state index is -0.878. The summed E-state index contributed by atoms with van der Waals surface area (Å²) in [5.74, 6) is -1.75. The van der Waals surface area contributed by atoms with E-state index in [-0.39, 0.29) is 11.1 Å². The van der Waals surface area contributed by atoms with Crippen LogP contribution >= 0.6 is 0 Å². The molecule has 0 aliphatic rings. The molecule has 2 aromatic rings. The van der Waals surface area contributed by atoms with Gasteiger partial charge in [0.2, 0.25) is 0 Å². The van der Waals surface area contributed by atoms with Crippen LogP contribution in [0.5, 0.6) is 0 Å². The average Bonchev–Trinajstić information content (AvgIpc) is 2.69. The van der Waals surface area contributed by atoms with Crippen molar-refractivity contribution in [3.8, 4) is 11.1 Å². The summed E-state index contributed by atoms with van der Waals surface area (Å²) in [5, 5.41) is 3.91. The van der Waals surface area contributed by atoms with E-state index < -0.39 is 11.6 Å². The van der Waals surface area contributed by atoms with Crippen LogP contribution in [0.2, 0.25) is 0 Å². The normalized spacial score (nSPS) is 10.4. The number of benzene rings is 1. The molecule has 1 aromatic carbocycles. The average molecular weight is 220 g/mol. The van der Waals surface area contributed by atoms with E-state index in [4.69, 9.17) is 0 Å². The Morgan fingerprint density at radius 3 is 2.62 bits per heavy atom. The first kappa shape index (κ1) is 10.5. The lowest BCUT2D eigenvalue weighted by Gasteiger charge is -2.03. The molecule has 4 heteroatoms. The fourth-order valence-electron chi connectivity index (χ4n) is 1.51. The third-order valence-corrected chi connectivity index (χ3v) is 2.35. The molecule has 0 spiro atoms. The molecule has 0 atom stereocenters. The summed E-state index contributed by atoms with van der Waals surface area (Å²) in [6.07, 6.45) is 4.41. The maximum absolute atomic E-state index is 13.7. The lowest BCUT2D eigenvalue weighted by molar-refractivity contribution is 0.509. The zero-order valence-corrected chi connectivity index (χ0v) is 8.74. The van der Waals surface area contributed by atoms with E-state index in [0.717, 1.165) is 0 Å². The van der Waals surface area contributed by atoms with Crippen LogP contribution in [0.15, 0.2) is 31.1 Å². The lowest BCUT2D eigenvalue weighted by Crippen LogP contribution is -1.92. The molecule has 0 N–H and O–H groups in total. The van der Waals surface area contributed by atoms with Crippen molar-refractivity contribution >= 4 is 6.08 Å². The van der Waals surface area contributed by atoms with Crippen molar-refractivity contribution in [3.05, 3.63) is 48.3 Å². The van der Waals surface area contributed by atoms with Crippen LogP contribution in [0, 0.1) is 11.6 Å². The van der Waals surface area contributed by atoms with Gasteiger partial charge in [-0.25, -0.2) is 8.78 Å². The predicted molar refractivity (Wildman–Crippen MR) is 58.7 cm³/mol. The van der Waals surface area contributed by atoms with E-state index in [1.165, 1.54) is 29.1 Å². The minimum Gasteiger partial charge on any atom is -0.275 e. The second-order valence-corrected chi connectivity index (χ2v) is 3.44. The molecule has 0 aliphatic heterocycles. The molecule has 0 fully saturated rings. The van der Waals surface area contributed by atoms with Gasteiger partial charge in [0.25, 0.3) is 0 Å². The number of halogens is 2. The SMILES string of the molecule is C=Cc1ccc(-c2cnn(C)c2)c(F)c1F. The molecule has 82 valence electrons. The lowest BCUT2D eigenvalue weighted by atomic mass is 10.1. The van der Waals surface area contributed by atoms with Gasteiger partial charge in [0.05, 0.1) is 6.20 Å². The van der Waals surface area contributed by atoms with Crippen molar-refractivity contribution < 1.29 is 8.78 Å². The number of hydrogen-bond acceptors (Lipinski definition) is 1. The van der Waals surface area contributed by atoms with Crippen molar-refractivity contribution in [2.75, 3.05) is 0 Å². The van der Waals surface area contributed by atoms with Crippen molar-refractivity contribution in [1.29, 1.82) is 0 Å². The summed E-state index contributed by atoms with van der Waals surface area (Å²) < 4.78 is 28.7. The molecular weight excluding hydrogens is 210 g/mol. The van der Waals surface area contributed by atoms with Crippen LogP contribution in [0.25, 0.3) is 17.2 Å². The quantitative estimate of drug-likeness (QED) is 0.760. The number of aryl methyl sites for hydroxylation is 1. The zero-order valence-electron chi connectivity index (χ0n) is 8.74. The van der Waals surface area contributed by atoms with Crippen LogP contribution in [0.1, 0.15) is 5.56 Å². The fourth-order valence-corrected chi connectivity index (χ4v) is 1.51. The summed E-state index contributed by atoms with van der Waals surface area (Å²) in [6.45, 7) is 3.42. The standard InChI is InChI=1S/C12H10F2N2/c1-3-8-4-5-10(12(14)11(8)13)9-6-15-16(2)7-9/h3-7H,1H2,2H3. The summed E-state index contributed by atoms with van der Waals surface area (Å²) >= 11 is 0. The highest BCUT2D eigenvalue weighted by Gasteiger charge is 2.13. The summed E-state index contributed by atoms with van der Waals surface area (Å²) in [6, 6.07) is 3.01. The maximum atomic E-state index is 13.7. The van der Waals surface area contributed by atoms with E-state index in [1.54, 1.807) is 13.2 Å². The van der Waals surface area contributed by atoms with Gasteiger partial charge in [0, 0.05) is 29.9 Å². The molecule has 2 rings (SSSR count). The molecular formula is C12H10F2N2. The minimum absolute atomic E-state index is 0.158. The molecule has 0 radical (unpaired) electrons. The number of rotatable bonds is 2. The summed E-state index contributed by atoms with van der Waals surface area (Å²) in [5.41, 5.74) is 0.913. The maximum Gasteiger partial charge on any atom is 0.167 e. The van der Waals surface area contributed by atoms with Gasteiger partial charge in [-0.05, 0) is 0 Å². The van der Waals surface area contributed by atoms with Crippen molar-refractivity contribution in [1.82, 2.24) is 9.78 Å². The summed E-state index contributed by atoms with van der Waals surface area (Å²) in [7, 11) is 1.72. The van der Waals surface area contributed by atoms with E-state index in [2.05, 4.69) is 11.7 Å². The van der Waals surface area contributed by atoms with Gasteiger partial charge in [-0.15, -0.1) is 0 Å². The third kappa shape index (κ3) is 1.62. The first-order valence-electron chi connectivity index (χ1n) is 4.73. The van der Waals surface area contributed by atoms with Crippen LogP contribution in [-0.4, -0.2) is 9.78 Å². The Bertz CT molecular complexity index is 544. The zero-order chi connectivity index (χ0) is 11.7. The first-order valence-corrected chi connectivity index (χ1v) is 4.73. The van der Waals surface area contributed by atoms with Crippen molar-refractivity contribution in [2.24, 2.45) is 7.05 Å². The Balaban J connectivity index is 2.59. The number of nitrogens with zero attached hydrogens (tertiary/aromatic N) is 2. The summed E-state index contributed by atoms with van der Waals surface area (Å²) in [4.78, 5) is 0. The molecule has 0 aliphatic carbocycles. The van der Waals surface area contributed by atoms with E-state index >= 15 is 0 Å². The number of aromatic nitrogens is 2. The van der Waals surface area contributed by atoms with E-state index in [1.807, 2.05) is 0 Å². The predicted octanol–water partition coefficient (Wildman–Crippen LogP) is 3.01. The van der Waals surface area contributed by atoms with Crippen LogP contribution < -0.4 is 0 Å². The van der Waals surface area contributed by atoms with Gasteiger partial charge >= 0.3 is 0 Å². The highest BCUT2D eigenvalue weighted by atomic mass is 19.2. The molecule has 0 unspecified atom stereocenters. The largest absolute Gasteiger partial charge is 0.275 e. The second-order valence-electron chi connectivity index (χ2n) is 3.44. The van der Waals surface area contributed by atoms with Crippen LogP contribution in [-0.2, 0) is 7.05 Å². The Morgan fingerprint density at radius 1 is 1.31 bits per heavy atom. The van der Waals surface area contributed by atoms with Gasteiger partial charge < -0.3 is 0 Å². The third-order valence-electron chi connectivity index (χ3n) is 2.35.